The first-order chi connectivity index (χ1) is 13.7. The monoisotopic (exact) mass is 430 g/mol. The van der Waals surface area contributed by atoms with Gasteiger partial charge in [0.25, 0.3) is 0 Å². The van der Waals surface area contributed by atoms with Gasteiger partial charge in [0.2, 0.25) is 0 Å². The lowest BCUT2D eigenvalue weighted by molar-refractivity contribution is -0.147. The third-order valence-electron chi connectivity index (χ3n) is 6.33. The van der Waals surface area contributed by atoms with Gasteiger partial charge in [-0.2, -0.15) is 0 Å². The highest BCUT2D eigenvalue weighted by Gasteiger charge is 2.27. The molecule has 1 atom stereocenters. The van der Waals surface area contributed by atoms with Crippen LogP contribution < -0.4 is 0 Å². The van der Waals surface area contributed by atoms with Crippen molar-refractivity contribution in [1.82, 2.24) is 0 Å². The molecule has 176 valence electrons. The maximum atomic E-state index is 10.5. The summed E-state index contributed by atoms with van der Waals surface area (Å²) in [5.74, 6) is -0.694. The first-order valence-electron chi connectivity index (χ1n) is 12.7. The van der Waals surface area contributed by atoms with Gasteiger partial charge in [-0.3, -0.25) is 4.79 Å². The Labute approximate surface area is 186 Å². The number of hydrogen-bond acceptors (Lipinski definition) is 1. The van der Waals surface area contributed by atoms with Gasteiger partial charge in [0.15, 0.2) is 0 Å². The Hall–Kier alpha value is -0.100. The smallest absolute Gasteiger partial charge is 0.309 e. The molecule has 0 aromatic rings. The van der Waals surface area contributed by atoms with Crippen molar-refractivity contribution in [2.24, 2.45) is 10.8 Å². The minimum atomic E-state index is -0.694. The molecule has 0 aliphatic carbocycles. The highest BCUT2D eigenvalue weighted by Crippen LogP contribution is 2.41. The topological polar surface area (TPSA) is 37.3 Å². The van der Waals surface area contributed by atoms with Gasteiger partial charge in [-0.25, -0.2) is 0 Å². The summed E-state index contributed by atoms with van der Waals surface area (Å²) in [6.45, 7) is 12.6. The molecule has 2 nitrogen and oxygen atoms in total. The molecule has 0 fully saturated rings. The van der Waals surface area contributed by atoms with Gasteiger partial charge in [0, 0.05) is 0 Å². The van der Waals surface area contributed by atoms with Crippen molar-refractivity contribution in [2.45, 2.75) is 144 Å². The van der Waals surface area contributed by atoms with E-state index in [1.54, 1.807) is 13.8 Å². The molecule has 0 aromatic carbocycles. The SMILES string of the molecule is CCCCC(C)(C)C(=O)O.CCCCC(CCCC)(CCCC)CCCCCP. The van der Waals surface area contributed by atoms with Crippen LogP contribution in [0.4, 0.5) is 0 Å². The molecule has 0 heterocycles. The van der Waals surface area contributed by atoms with E-state index in [0.717, 1.165) is 19.3 Å². The van der Waals surface area contributed by atoms with E-state index in [1.165, 1.54) is 89.6 Å². The van der Waals surface area contributed by atoms with E-state index in [9.17, 15) is 4.79 Å². The van der Waals surface area contributed by atoms with Crippen LogP contribution in [0.25, 0.3) is 0 Å². The van der Waals surface area contributed by atoms with Crippen LogP contribution in [0.3, 0.4) is 0 Å². The summed E-state index contributed by atoms with van der Waals surface area (Å²) in [4.78, 5) is 10.5. The summed E-state index contributed by atoms with van der Waals surface area (Å²) < 4.78 is 0. The maximum absolute atomic E-state index is 10.5. The molecular weight excluding hydrogens is 375 g/mol. The molecule has 0 radical (unpaired) electrons. The third kappa shape index (κ3) is 17.3. The highest BCUT2D eigenvalue weighted by atomic mass is 31.0. The Balaban J connectivity index is 0. The van der Waals surface area contributed by atoms with E-state index in [4.69, 9.17) is 5.11 Å². The molecule has 0 bridgehead atoms. The molecule has 0 spiro atoms. The van der Waals surface area contributed by atoms with Crippen molar-refractivity contribution in [2.75, 3.05) is 6.16 Å². The molecule has 0 saturated carbocycles. The van der Waals surface area contributed by atoms with Crippen molar-refractivity contribution in [3.05, 3.63) is 0 Å². The van der Waals surface area contributed by atoms with Gasteiger partial charge in [-0.1, -0.05) is 91.9 Å². The van der Waals surface area contributed by atoms with Gasteiger partial charge in [0.1, 0.15) is 0 Å². The van der Waals surface area contributed by atoms with E-state index in [0.29, 0.717) is 5.41 Å². The quantitative estimate of drug-likeness (QED) is 0.174. The van der Waals surface area contributed by atoms with Gasteiger partial charge in [0.05, 0.1) is 5.41 Å². The van der Waals surface area contributed by atoms with E-state index < -0.39 is 11.4 Å². The first-order valence-corrected chi connectivity index (χ1v) is 13.5. The van der Waals surface area contributed by atoms with E-state index in [-0.39, 0.29) is 0 Å². The molecule has 0 rings (SSSR count). The van der Waals surface area contributed by atoms with Crippen LogP contribution in [0.5, 0.6) is 0 Å². The van der Waals surface area contributed by atoms with Gasteiger partial charge in [-0.05, 0) is 63.9 Å². The van der Waals surface area contributed by atoms with Crippen LogP contribution in [0.1, 0.15) is 144 Å². The Bertz CT molecular complexity index is 344. The van der Waals surface area contributed by atoms with Crippen molar-refractivity contribution >= 4 is 15.2 Å². The number of unbranched alkanes of at least 4 members (excludes halogenated alkanes) is 6. The average molecular weight is 431 g/mol. The molecule has 1 N–H and O–H groups in total. The Morgan fingerprint density at radius 1 is 0.655 bits per heavy atom. The van der Waals surface area contributed by atoms with Crippen molar-refractivity contribution in [3.8, 4) is 0 Å². The van der Waals surface area contributed by atoms with E-state index in [1.807, 2.05) is 0 Å². The third-order valence-corrected chi connectivity index (χ3v) is 6.74. The summed E-state index contributed by atoms with van der Waals surface area (Å²) in [6.07, 6.45) is 22.8. The molecular formula is C26H55O2P. The minimum Gasteiger partial charge on any atom is -0.481 e. The number of rotatable bonds is 18. The number of carboxylic acids is 1. The molecule has 29 heavy (non-hydrogen) atoms. The summed E-state index contributed by atoms with van der Waals surface area (Å²) in [5.41, 5.74) is 0.166. The summed E-state index contributed by atoms with van der Waals surface area (Å²) in [5, 5.41) is 8.67. The zero-order valence-electron chi connectivity index (χ0n) is 21.0. The number of aliphatic carboxylic acids is 1. The molecule has 3 heteroatoms. The van der Waals surface area contributed by atoms with Crippen molar-refractivity contribution in [3.63, 3.8) is 0 Å². The van der Waals surface area contributed by atoms with Crippen LogP contribution in [0.15, 0.2) is 0 Å². The van der Waals surface area contributed by atoms with Gasteiger partial charge < -0.3 is 5.11 Å². The standard InChI is InChI=1S/C18H39P.C8H16O2/c1-4-7-13-18(14-8-5-2,15-9-6-3)16-11-10-12-17-19;1-4-5-6-8(2,3)7(9)10/h4-17,19H2,1-3H3;4-6H2,1-3H3,(H,9,10). The molecule has 0 aliphatic heterocycles. The number of hydrogen-bond donors (Lipinski definition) is 1. The van der Waals surface area contributed by atoms with Crippen LogP contribution in [-0.2, 0) is 4.79 Å². The normalized spacial score (nSPS) is 11.8. The zero-order chi connectivity index (χ0) is 22.6. The molecule has 0 aliphatic rings. The zero-order valence-corrected chi connectivity index (χ0v) is 22.1. The van der Waals surface area contributed by atoms with Crippen LogP contribution >= 0.6 is 9.24 Å². The number of carboxylic acid groups (broad SMARTS) is 1. The largest absolute Gasteiger partial charge is 0.481 e. The van der Waals surface area contributed by atoms with E-state index >= 15 is 0 Å². The Morgan fingerprint density at radius 2 is 1.03 bits per heavy atom. The predicted octanol–water partition coefficient (Wildman–Crippen LogP) is 9.27. The minimum absolute atomic E-state index is 0.532. The summed E-state index contributed by atoms with van der Waals surface area (Å²) in [6, 6.07) is 0. The molecule has 0 saturated heterocycles. The van der Waals surface area contributed by atoms with Crippen LogP contribution in [0, 0.1) is 10.8 Å². The van der Waals surface area contributed by atoms with E-state index in [2.05, 4.69) is 36.9 Å². The predicted molar refractivity (Wildman–Crippen MR) is 135 cm³/mol. The second-order valence-corrected chi connectivity index (χ2v) is 10.3. The van der Waals surface area contributed by atoms with Crippen molar-refractivity contribution in [1.29, 1.82) is 0 Å². The highest BCUT2D eigenvalue weighted by molar-refractivity contribution is 7.16. The Morgan fingerprint density at radius 3 is 1.38 bits per heavy atom. The fraction of sp³-hybridized carbons (Fsp3) is 0.962. The lowest BCUT2D eigenvalue weighted by Gasteiger charge is -2.35. The fourth-order valence-electron chi connectivity index (χ4n) is 3.95. The second-order valence-electron chi connectivity index (χ2n) is 9.70. The van der Waals surface area contributed by atoms with Crippen LogP contribution in [-0.4, -0.2) is 17.2 Å². The summed E-state index contributed by atoms with van der Waals surface area (Å²) in [7, 11) is 2.87. The lowest BCUT2D eigenvalue weighted by atomic mass is 9.71. The summed E-state index contributed by atoms with van der Waals surface area (Å²) >= 11 is 0. The maximum Gasteiger partial charge on any atom is 0.309 e. The number of carbonyl (C=O) groups is 1. The second kappa shape index (κ2) is 19.8. The Kier molecular flexibility index (Phi) is 21.3. The molecule has 1 unspecified atom stereocenters. The van der Waals surface area contributed by atoms with Gasteiger partial charge >= 0.3 is 5.97 Å². The van der Waals surface area contributed by atoms with Crippen LogP contribution in [0.2, 0.25) is 0 Å². The average Bonchev–Trinajstić information content (AvgIpc) is 2.70. The molecule has 0 aromatic heterocycles. The molecule has 0 amide bonds. The van der Waals surface area contributed by atoms with Crippen molar-refractivity contribution < 1.29 is 9.90 Å². The fourth-order valence-corrected chi connectivity index (χ4v) is 4.24. The van der Waals surface area contributed by atoms with Gasteiger partial charge in [-0.15, -0.1) is 9.24 Å². The first kappa shape index (κ1) is 31.1. The lowest BCUT2D eigenvalue weighted by Crippen LogP contribution is -2.23.